The number of anilines is 3. The van der Waals surface area contributed by atoms with Crippen molar-refractivity contribution in [3.8, 4) is 22.8 Å². The number of nitro benzene ring substituents is 1. The molecule has 10 rings (SSSR count). The van der Waals surface area contributed by atoms with E-state index in [0.717, 1.165) is 77.9 Å². The minimum absolute atomic E-state index is 0. The van der Waals surface area contributed by atoms with E-state index in [2.05, 4.69) is 41.0 Å². The third kappa shape index (κ3) is 15.9. The van der Waals surface area contributed by atoms with Crippen LogP contribution in [0.4, 0.5) is 32.9 Å². The molecule has 82 heavy (non-hydrogen) atoms. The number of hydrogen-bond donors (Lipinski definition) is 5. The van der Waals surface area contributed by atoms with Crippen molar-refractivity contribution in [3.63, 3.8) is 0 Å². The van der Waals surface area contributed by atoms with Gasteiger partial charge in [-0.2, -0.15) is 10.2 Å². The number of aromatic nitrogens is 8. The summed E-state index contributed by atoms with van der Waals surface area (Å²) < 4.78 is 11.6. The van der Waals surface area contributed by atoms with Crippen LogP contribution in [0.1, 0.15) is 111 Å². The number of non-ortho nitro benzene ring substituents is 1. The van der Waals surface area contributed by atoms with Gasteiger partial charge in [-0.15, -0.1) is 0 Å². The number of para-hydroxylation sites is 2. The van der Waals surface area contributed by atoms with Crippen molar-refractivity contribution < 1.29 is 41.1 Å². The Hall–Kier alpha value is -7.58. The van der Waals surface area contributed by atoms with Gasteiger partial charge in [0.1, 0.15) is 34.0 Å². The van der Waals surface area contributed by atoms with Crippen LogP contribution in [0.25, 0.3) is 44.6 Å². The molecule has 0 aliphatic heterocycles. The number of nitrogens with zero attached hydrogens (tertiary/aromatic N) is 9. The molecule has 0 spiro atoms. The molecule has 8 aromatic rings. The molecule has 0 bridgehead atoms. The largest absolute Gasteiger partial charge is 0.444 e. The molecule has 2 fully saturated rings. The SMILES string of the molecule is C.CC(C)(C)OC(=O)N(Cc1ccc(N)cc1)[C@H]1CCCC(Nc2ncc(Cl)c(-c3n[nH]c4ccccc34)n2)C1.CC(C)(C)OC(=O)N(Cc1ccc([N+](=O)[O-])cc1)[C@H]1CCCC(Nc2ncc(Cl)c(-c3n[nH]c4ccccc34)n2)C1.[Fe]. The summed E-state index contributed by atoms with van der Waals surface area (Å²) in [5.41, 5.74) is 11.3. The smallest absolute Gasteiger partial charge is 0.410 e. The van der Waals surface area contributed by atoms with Crippen molar-refractivity contribution in [2.45, 2.75) is 149 Å². The number of benzene rings is 4. The van der Waals surface area contributed by atoms with Crippen LogP contribution in [0, 0.1) is 10.1 Å². The number of carbonyl (C=O) groups excluding carboxylic acids is 2. The summed E-state index contributed by atoms with van der Waals surface area (Å²) in [7, 11) is 0. The maximum Gasteiger partial charge on any atom is 0.410 e. The van der Waals surface area contributed by atoms with Gasteiger partial charge in [0, 0.05) is 82.9 Å². The van der Waals surface area contributed by atoms with Gasteiger partial charge in [0.05, 0.1) is 38.4 Å². The molecule has 4 aromatic carbocycles. The van der Waals surface area contributed by atoms with E-state index in [4.69, 9.17) is 48.4 Å². The summed E-state index contributed by atoms with van der Waals surface area (Å²) in [6.07, 6.45) is 9.16. The minimum Gasteiger partial charge on any atom is -0.444 e. The molecule has 4 aromatic heterocycles. The average molecular weight is 1200 g/mol. The number of nitrogens with two attached hydrogens (primary N) is 1. The molecule has 2 saturated carbocycles. The zero-order valence-corrected chi connectivity index (χ0v) is 48.6. The van der Waals surface area contributed by atoms with E-state index >= 15 is 0 Å². The number of hydrogen-bond acceptors (Lipinski definition) is 15. The van der Waals surface area contributed by atoms with Gasteiger partial charge in [-0.3, -0.25) is 20.3 Å². The normalized spacial score (nSPS) is 17.0. The van der Waals surface area contributed by atoms with Crippen molar-refractivity contribution in [1.29, 1.82) is 0 Å². The first-order valence-corrected chi connectivity index (χ1v) is 27.5. The summed E-state index contributed by atoms with van der Waals surface area (Å²) >= 11 is 13.0. The Balaban J connectivity index is 0.000000231. The summed E-state index contributed by atoms with van der Waals surface area (Å²) in [6.45, 7) is 11.9. The van der Waals surface area contributed by atoms with Gasteiger partial charge in [0.15, 0.2) is 0 Å². The molecule has 0 saturated heterocycles. The Kier molecular flexibility index (Phi) is 20.4. The van der Waals surface area contributed by atoms with E-state index in [-0.39, 0.29) is 67.0 Å². The Morgan fingerprint density at radius 3 is 1.45 bits per heavy atom. The number of nitrogen functional groups attached to an aromatic ring is 1. The van der Waals surface area contributed by atoms with Gasteiger partial charge in [0.25, 0.3) is 5.69 Å². The van der Waals surface area contributed by atoms with E-state index in [0.29, 0.717) is 63.4 Å². The van der Waals surface area contributed by atoms with Crippen LogP contribution in [0.3, 0.4) is 0 Å². The Labute approximate surface area is 497 Å². The first-order valence-electron chi connectivity index (χ1n) is 26.8. The molecule has 4 atom stereocenters. The zero-order valence-electron chi connectivity index (χ0n) is 45.9. The fourth-order valence-corrected chi connectivity index (χ4v) is 10.4. The van der Waals surface area contributed by atoms with E-state index in [1.54, 1.807) is 29.4 Å². The van der Waals surface area contributed by atoms with Crippen LogP contribution in [-0.2, 0) is 39.6 Å². The van der Waals surface area contributed by atoms with Crippen molar-refractivity contribution in [1.82, 2.24) is 50.1 Å². The number of carbonyl (C=O) groups is 2. The molecule has 6 N–H and O–H groups in total. The van der Waals surface area contributed by atoms with E-state index in [1.807, 2.05) is 119 Å². The van der Waals surface area contributed by atoms with Gasteiger partial charge in [-0.25, -0.2) is 29.5 Å². The van der Waals surface area contributed by atoms with Crippen molar-refractivity contribution in [2.24, 2.45) is 0 Å². The number of ether oxygens (including phenoxy) is 2. The van der Waals surface area contributed by atoms with Gasteiger partial charge in [0.2, 0.25) is 11.9 Å². The number of aromatic amines is 2. The molecule has 0 radical (unpaired) electrons. The Morgan fingerprint density at radius 2 is 1.05 bits per heavy atom. The monoisotopic (exact) mass is 1200 g/mol. The van der Waals surface area contributed by atoms with E-state index in [9.17, 15) is 19.7 Å². The number of nitrogens with one attached hydrogen (secondary N) is 4. The second-order valence-electron chi connectivity index (χ2n) is 22.2. The fourth-order valence-electron chi connectivity index (χ4n) is 10.1. The molecule has 2 aliphatic carbocycles. The fraction of sp³-hybridized carbons (Fsp3) is 0.390. The molecule has 2 aliphatic rings. The standard InChI is InChI=1S/C29H32ClN7O4.C29H34ClN7O2.CH4.Fe/c1-29(2,3)41-28(38)36(17-18-11-13-20(14-12-18)37(39)40)21-8-6-7-19(15-21)32-27-31-16-23(30)26(33-27)25-22-9-4-5-10-24(22)34-35-25;1-29(2,3)39-28(38)37(17-18-11-13-19(31)14-12-18)21-8-6-7-20(15-21)33-27-32-16-23(30)26(34-27)25-22-9-4-5-10-24(22)35-36-25;;/h4-5,9-14,16,19,21H,6-8,15,17H2,1-3H3,(H,34,35)(H,31,32,33);4-5,9-14,16,20-21H,6-8,15,17,31H2,1-3H3,(H,35,36)(H,32,33,34);1H4;/t19?,21-;20?,21-;;/m00../s1. The third-order valence-electron chi connectivity index (χ3n) is 13.8. The number of amides is 2. The average Bonchev–Trinajstić information content (AvgIpc) is 4.15. The molecular formula is C59H70Cl2FeN14O6. The number of halogens is 2. The predicted octanol–water partition coefficient (Wildman–Crippen LogP) is 13.8. The van der Waals surface area contributed by atoms with Crippen LogP contribution < -0.4 is 16.4 Å². The summed E-state index contributed by atoms with van der Waals surface area (Å²) in [5.74, 6) is 0.913. The Bertz CT molecular complexity index is 3460. The van der Waals surface area contributed by atoms with E-state index in [1.165, 1.54) is 12.1 Å². The second-order valence-corrected chi connectivity index (χ2v) is 23.0. The third-order valence-corrected chi connectivity index (χ3v) is 14.4. The van der Waals surface area contributed by atoms with Gasteiger partial charge in [-0.05, 0) is 128 Å². The number of H-pyrrole nitrogens is 2. The molecule has 2 amide bonds. The summed E-state index contributed by atoms with van der Waals surface area (Å²) in [5, 5.41) is 35.6. The van der Waals surface area contributed by atoms with Crippen molar-refractivity contribution in [2.75, 3.05) is 16.4 Å². The van der Waals surface area contributed by atoms with Crippen LogP contribution in [-0.4, -0.2) is 103 Å². The molecule has 434 valence electrons. The first kappa shape index (κ1) is 62.0. The second kappa shape index (κ2) is 27.0. The Morgan fingerprint density at radius 1 is 0.646 bits per heavy atom. The number of nitro groups is 1. The minimum atomic E-state index is -0.666. The number of rotatable bonds is 13. The van der Waals surface area contributed by atoms with Crippen LogP contribution in [0.15, 0.2) is 109 Å². The topological polar surface area (TPSA) is 261 Å². The summed E-state index contributed by atoms with van der Waals surface area (Å²) in [4.78, 5) is 59.2. The van der Waals surface area contributed by atoms with Gasteiger partial charge in [-0.1, -0.05) is 91.3 Å². The quantitative estimate of drug-likeness (QED) is 0.0311. The van der Waals surface area contributed by atoms with Crippen molar-refractivity contribution >= 4 is 80.5 Å². The molecular weight excluding hydrogens is 1130 g/mol. The summed E-state index contributed by atoms with van der Waals surface area (Å²) in [6, 6.07) is 29.4. The molecule has 2 unspecified atom stereocenters. The molecule has 23 heteroatoms. The van der Waals surface area contributed by atoms with Crippen LogP contribution in [0.2, 0.25) is 10.0 Å². The zero-order chi connectivity index (χ0) is 56.7. The van der Waals surface area contributed by atoms with Crippen LogP contribution >= 0.6 is 23.2 Å². The predicted molar refractivity (Wildman–Crippen MR) is 318 cm³/mol. The van der Waals surface area contributed by atoms with Crippen molar-refractivity contribution in [3.05, 3.63) is 141 Å². The molecule has 4 heterocycles. The van der Waals surface area contributed by atoms with Gasteiger partial charge < -0.3 is 35.6 Å². The maximum absolute atomic E-state index is 13.3. The van der Waals surface area contributed by atoms with E-state index < -0.39 is 22.2 Å². The van der Waals surface area contributed by atoms with Crippen LogP contribution in [0.5, 0.6) is 0 Å². The number of fused-ring (bicyclic) bond motifs is 2. The maximum atomic E-state index is 13.3. The molecule has 20 nitrogen and oxygen atoms in total. The van der Waals surface area contributed by atoms with Gasteiger partial charge >= 0.3 is 12.2 Å². The first-order chi connectivity index (χ1) is 38.2.